The van der Waals surface area contributed by atoms with Crippen molar-refractivity contribution in [2.45, 2.75) is 37.6 Å². The fraction of sp³-hybridized carbons (Fsp3) is 0.857. The zero-order valence-corrected chi connectivity index (χ0v) is 8.57. The highest BCUT2D eigenvalue weighted by Gasteiger charge is 2.49. The maximum absolute atomic E-state index is 11.8. The lowest BCUT2D eigenvalue weighted by molar-refractivity contribution is -0.0541. The molecule has 8 heteroatoms. The van der Waals surface area contributed by atoms with Crippen LogP contribution in [0.2, 0.25) is 0 Å². The number of hydrogen-bond donors (Lipinski definition) is 0. The predicted octanol–water partition coefficient (Wildman–Crippen LogP) is 2.17. The topological polar surface area (TPSA) is 55.7 Å². The van der Waals surface area contributed by atoms with Crippen LogP contribution in [0.25, 0.3) is 0 Å². The van der Waals surface area contributed by atoms with Crippen LogP contribution in [-0.4, -0.2) is 19.6 Å². The fourth-order valence-electron chi connectivity index (χ4n) is 1.20. The van der Waals surface area contributed by atoms with E-state index in [9.17, 15) is 21.6 Å². The average Bonchev–Trinajstić information content (AvgIpc) is 2.15. The molecule has 0 spiro atoms. The van der Waals surface area contributed by atoms with Gasteiger partial charge in [-0.1, -0.05) is 11.6 Å². The van der Waals surface area contributed by atoms with Gasteiger partial charge in [-0.25, -0.2) is 0 Å². The molecule has 0 unspecified atom stereocenters. The van der Waals surface area contributed by atoms with Gasteiger partial charge in [0, 0.05) is 0 Å². The van der Waals surface area contributed by atoms with Crippen molar-refractivity contribution in [3.8, 4) is 0 Å². The monoisotopic (exact) mass is 245 g/mol. The normalized spacial score (nSPS) is 18.7. The van der Waals surface area contributed by atoms with Gasteiger partial charge in [0.2, 0.25) is 0 Å². The number of rotatable bonds is 2. The maximum atomic E-state index is 11.8. The first kappa shape index (κ1) is 12.3. The summed E-state index contributed by atoms with van der Waals surface area (Å²) in [6, 6.07) is 0. The Kier molecular flexibility index (Phi) is 3.58. The lowest BCUT2D eigenvalue weighted by Gasteiger charge is -2.11. The third-order valence-electron chi connectivity index (χ3n) is 1.98. The molecule has 1 aliphatic rings. The molecule has 1 saturated carbocycles. The van der Waals surface area contributed by atoms with Crippen LogP contribution in [-0.2, 0) is 14.4 Å². The third kappa shape index (κ3) is 3.37. The Morgan fingerprint density at radius 3 is 2.13 bits per heavy atom. The van der Waals surface area contributed by atoms with Crippen LogP contribution < -0.4 is 0 Å². The number of alkyl halides is 3. The number of halogens is 3. The molecular formula is C7H10F3NO3S. The van der Waals surface area contributed by atoms with Crippen LogP contribution in [0.5, 0.6) is 0 Å². The molecule has 0 aromatic rings. The molecule has 15 heavy (non-hydrogen) atoms. The Balaban J connectivity index is 2.63. The van der Waals surface area contributed by atoms with E-state index in [2.05, 4.69) is 9.44 Å². The highest BCUT2D eigenvalue weighted by atomic mass is 32.2. The van der Waals surface area contributed by atoms with Crippen molar-refractivity contribution in [3.05, 3.63) is 0 Å². The summed E-state index contributed by atoms with van der Waals surface area (Å²) in [6.45, 7) is 0. The fourth-order valence-corrected chi connectivity index (χ4v) is 1.48. The summed E-state index contributed by atoms with van der Waals surface area (Å²) in [6.07, 6.45) is 3.56. The molecule has 0 N–H and O–H groups in total. The summed E-state index contributed by atoms with van der Waals surface area (Å²) in [4.78, 5) is 0. The van der Waals surface area contributed by atoms with Gasteiger partial charge in [0.25, 0.3) is 0 Å². The SMILES string of the molecule is O=S(=O)(ON=C1CCCCC1)C(F)(F)F. The number of nitrogens with zero attached hydrogens (tertiary/aromatic N) is 1. The molecule has 4 nitrogen and oxygen atoms in total. The molecule has 0 aliphatic heterocycles. The van der Waals surface area contributed by atoms with Gasteiger partial charge in [0.05, 0.1) is 5.71 Å². The molecule has 1 rings (SSSR count). The molecule has 0 radical (unpaired) electrons. The molecule has 0 aromatic carbocycles. The summed E-state index contributed by atoms with van der Waals surface area (Å²) in [5.74, 6) is 0. The van der Waals surface area contributed by atoms with E-state index in [4.69, 9.17) is 0 Å². The van der Waals surface area contributed by atoms with Crippen molar-refractivity contribution in [1.29, 1.82) is 0 Å². The van der Waals surface area contributed by atoms with Crippen LogP contribution in [0.1, 0.15) is 32.1 Å². The number of hydrogen-bond acceptors (Lipinski definition) is 4. The van der Waals surface area contributed by atoms with Crippen LogP contribution >= 0.6 is 0 Å². The highest BCUT2D eigenvalue weighted by Crippen LogP contribution is 2.25. The Labute approximate surface area is 85.2 Å². The average molecular weight is 245 g/mol. The van der Waals surface area contributed by atoms with Gasteiger partial charge in [-0.05, 0) is 25.7 Å². The Bertz CT molecular complexity index is 339. The van der Waals surface area contributed by atoms with Crippen molar-refractivity contribution in [3.63, 3.8) is 0 Å². The van der Waals surface area contributed by atoms with Crippen molar-refractivity contribution >= 4 is 15.8 Å². The summed E-state index contributed by atoms with van der Waals surface area (Å²) in [7, 11) is -5.58. The lowest BCUT2D eigenvalue weighted by atomic mass is 9.99. The van der Waals surface area contributed by atoms with Gasteiger partial charge < -0.3 is 0 Å². The Hall–Kier alpha value is -0.790. The Morgan fingerprint density at radius 1 is 1.13 bits per heavy atom. The molecular weight excluding hydrogens is 235 g/mol. The van der Waals surface area contributed by atoms with E-state index in [0.717, 1.165) is 19.3 Å². The Morgan fingerprint density at radius 2 is 1.67 bits per heavy atom. The first-order chi connectivity index (χ1) is 6.83. The van der Waals surface area contributed by atoms with Crippen LogP contribution in [0.3, 0.4) is 0 Å². The van der Waals surface area contributed by atoms with E-state index >= 15 is 0 Å². The first-order valence-corrected chi connectivity index (χ1v) is 5.79. The minimum atomic E-state index is -5.58. The summed E-state index contributed by atoms with van der Waals surface area (Å²) < 4.78 is 59.9. The van der Waals surface area contributed by atoms with Crippen molar-refractivity contribution in [1.82, 2.24) is 0 Å². The second-order valence-corrected chi connectivity index (χ2v) is 4.71. The zero-order chi connectivity index (χ0) is 11.5. The van der Waals surface area contributed by atoms with Crippen LogP contribution in [0.15, 0.2) is 5.16 Å². The van der Waals surface area contributed by atoms with E-state index in [1.807, 2.05) is 0 Å². The van der Waals surface area contributed by atoms with Crippen LogP contribution in [0.4, 0.5) is 13.2 Å². The van der Waals surface area contributed by atoms with Gasteiger partial charge in [0.1, 0.15) is 0 Å². The minimum absolute atomic E-state index is 0.370. The smallest absolute Gasteiger partial charge is 0.262 e. The summed E-state index contributed by atoms with van der Waals surface area (Å²) >= 11 is 0. The van der Waals surface area contributed by atoms with E-state index in [-0.39, 0.29) is 0 Å². The van der Waals surface area contributed by atoms with Crippen LogP contribution in [0, 0.1) is 0 Å². The van der Waals surface area contributed by atoms with Gasteiger partial charge in [-0.3, -0.25) is 4.28 Å². The van der Waals surface area contributed by atoms with Gasteiger partial charge in [0.15, 0.2) is 0 Å². The quantitative estimate of drug-likeness (QED) is 0.553. The van der Waals surface area contributed by atoms with E-state index in [1.54, 1.807) is 0 Å². The van der Waals surface area contributed by atoms with Crippen molar-refractivity contribution in [2.24, 2.45) is 5.16 Å². The van der Waals surface area contributed by atoms with Crippen molar-refractivity contribution < 1.29 is 25.9 Å². The predicted molar refractivity (Wildman–Crippen MR) is 46.6 cm³/mol. The van der Waals surface area contributed by atoms with E-state index in [0.29, 0.717) is 18.6 Å². The molecule has 0 saturated heterocycles. The molecule has 0 heterocycles. The van der Waals surface area contributed by atoms with E-state index < -0.39 is 15.6 Å². The molecule has 88 valence electrons. The first-order valence-electron chi connectivity index (χ1n) is 4.38. The standard InChI is InChI=1S/C7H10F3NO3S/c8-7(9,10)15(12,13)14-11-6-4-2-1-3-5-6/h1-5H2. The molecule has 0 amide bonds. The van der Waals surface area contributed by atoms with E-state index in [1.165, 1.54) is 0 Å². The lowest BCUT2D eigenvalue weighted by Crippen LogP contribution is -2.24. The van der Waals surface area contributed by atoms with Crippen molar-refractivity contribution in [2.75, 3.05) is 0 Å². The zero-order valence-electron chi connectivity index (χ0n) is 7.75. The van der Waals surface area contributed by atoms with Gasteiger partial charge >= 0.3 is 15.6 Å². The van der Waals surface area contributed by atoms with Gasteiger partial charge in [-0.15, -0.1) is 0 Å². The van der Waals surface area contributed by atoms with Gasteiger partial charge in [-0.2, -0.15) is 21.6 Å². The summed E-state index contributed by atoms with van der Waals surface area (Å²) in [5.41, 5.74) is -5.04. The highest BCUT2D eigenvalue weighted by molar-refractivity contribution is 7.87. The third-order valence-corrected chi connectivity index (χ3v) is 2.82. The molecule has 0 aromatic heterocycles. The minimum Gasteiger partial charge on any atom is -0.262 e. The molecule has 0 atom stereocenters. The molecule has 1 fully saturated rings. The largest absolute Gasteiger partial charge is 0.536 e. The molecule has 0 bridgehead atoms. The second kappa shape index (κ2) is 4.38. The molecule has 1 aliphatic carbocycles. The maximum Gasteiger partial charge on any atom is 0.536 e. The second-order valence-electron chi connectivity index (χ2n) is 3.19. The number of oxime groups is 1. The summed E-state index contributed by atoms with van der Waals surface area (Å²) in [5, 5.41) is 3.03.